The molecule has 2 rings (SSSR count). The van der Waals surface area contributed by atoms with Gasteiger partial charge in [-0.2, -0.15) is 0 Å². The van der Waals surface area contributed by atoms with E-state index in [0.29, 0.717) is 41.2 Å². The number of anilines is 1. The first-order valence-electron chi connectivity index (χ1n) is 10.7. The van der Waals surface area contributed by atoms with Crippen LogP contribution in [0.5, 0.6) is 0 Å². The minimum absolute atomic E-state index is 0.277. The third-order valence-electron chi connectivity index (χ3n) is 4.96. The zero-order valence-corrected chi connectivity index (χ0v) is 19.9. The number of nitrogens with one attached hydrogen (secondary N) is 2. The molecule has 0 atom stereocenters. The first-order valence-corrected chi connectivity index (χ1v) is 10.7. The van der Waals surface area contributed by atoms with Gasteiger partial charge in [0.15, 0.2) is 0 Å². The molecule has 8 heteroatoms. The molecule has 0 aliphatic carbocycles. The molecule has 0 unspecified atom stereocenters. The van der Waals surface area contributed by atoms with Crippen molar-refractivity contribution in [2.24, 2.45) is 0 Å². The minimum atomic E-state index is -0.599. The number of hydrogen-bond donors (Lipinski definition) is 2. The molecule has 0 aliphatic heterocycles. The Kier molecular flexibility index (Phi) is 8.08. The first-order chi connectivity index (χ1) is 15.0. The maximum atomic E-state index is 13.1. The summed E-state index contributed by atoms with van der Waals surface area (Å²) in [4.78, 5) is 42.4. The van der Waals surface area contributed by atoms with E-state index in [0.717, 1.165) is 5.56 Å². The van der Waals surface area contributed by atoms with Crippen LogP contribution in [0.1, 0.15) is 72.3 Å². The minimum Gasteiger partial charge on any atom is -0.465 e. The van der Waals surface area contributed by atoms with E-state index in [1.165, 1.54) is 7.11 Å². The molecule has 1 aromatic carbocycles. The van der Waals surface area contributed by atoms with Gasteiger partial charge >= 0.3 is 12.1 Å². The van der Waals surface area contributed by atoms with Gasteiger partial charge in [0, 0.05) is 17.9 Å². The molecular formula is C24H33N3O5. The summed E-state index contributed by atoms with van der Waals surface area (Å²) < 4.78 is 10.3. The predicted octanol–water partition coefficient (Wildman–Crippen LogP) is 4.68. The topological polar surface area (TPSA) is 101 Å². The van der Waals surface area contributed by atoms with Crippen molar-refractivity contribution in [3.63, 3.8) is 0 Å². The van der Waals surface area contributed by atoms with Crippen LogP contribution in [0.2, 0.25) is 0 Å². The monoisotopic (exact) mass is 443 g/mol. The Hall–Kier alpha value is -3.29. The van der Waals surface area contributed by atoms with E-state index in [-0.39, 0.29) is 12.5 Å². The van der Waals surface area contributed by atoms with Crippen LogP contribution >= 0.6 is 0 Å². The number of aromatic nitrogens is 1. The summed E-state index contributed by atoms with van der Waals surface area (Å²) in [6.07, 6.45) is 0.132. The van der Waals surface area contributed by atoms with Crippen molar-refractivity contribution in [2.75, 3.05) is 19.0 Å². The highest BCUT2D eigenvalue weighted by molar-refractivity contribution is 6.07. The maximum Gasteiger partial charge on any atom is 0.410 e. The summed E-state index contributed by atoms with van der Waals surface area (Å²) in [5.41, 5.74) is 2.61. The van der Waals surface area contributed by atoms with Gasteiger partial charge in [-0.1, -0.05) is 25.1 Å². The Labute approximate surface area is 189 Å². The molecule has 0 bridgehead atoms. The number of benzene rings is 1. The van der Waals surface area contributed by atoms with E-state index >= 15 is 0 Å². The van der Waals surface area contributed by atoms with Crippen LogP contribution in [0.4, 0.5) is 10.5 Å². The maximum absolute atomic E-state index is 13.1. The van der Waals surface area contributed by atoms with Gasteiger partial charge in [0.1, 0.15) is 11.3 Å². The van der Waals surface area contributed by atoms with Crippen LogP contribution in [0.3, 0.4) is 0 Å². The third kappa shape index (κ3) is 5.90. The van der Waals surface area contributed by atoms with Crippen LogP contribution in [0.25, 0.3) is 0 Å². The van der Waals surface area contributed by atoms with Crippen molar-refractivity contribution >= 4 is 23.7 Å². The van der Waals surface area contributed by atoms with Gasteiger partial charge in [-0.05, 0) is 58.2 Å². The first kappa shape index (κ1) is 25.0. The summed E-state index contributed by atoms with van der Waals surface area (Å²) in [7, 11) is 1.31. The lowest BCUT2D eigenvalue weighted by atomic mass is 10.1. The van der Waals surface area contributed by atoms with Gasteiger partial charge in [-0.25, -0.2) is 9.59 Å². The summed E-state index contributed by atoms with van der Waals surface area (Å²) in [5.74, 6) is -0.855. The highest BCUT2D eigenvalue weighted by Gasteiger charge is 2.25. The summed E-state index contributed by atoms with van der Waals surface area (Å²) >= 11 is 0. The second kappa shape index (κ2) is 10.3. The highest BCUT2D eigenvalue weighted by Crippen LogP contribution is 2.23. The molecule has 32 heavy (non-hydrogen) atoms. The van der Waals surface area contributed by atoms with Gasteiger partial charge in [0.05, 0.1) is 19.2 Å². The normalized spacial score (nSPS) is 11.1. The van der Waals surface area contributed by atoms with Crippen LogP contribution in [-0.4, -0.2) is 47.1 Å². The predicted molar refractivity (Wildman–Crippen MR) is 123 cm³/mol. The van der Waals surface area contributed by atoms with Crippen molar-refractivity contribution in [3.8, 4) is 0 Å². The Morgan fingerprint density at radius 3 is 2.34 bits per heavy atom. The smallest absolute Gasteiger partial charge is 0.410 e. The summed E-state index contributed by atoms with van der Waals surface area (Å²) in [6, 6.07) is 7.28. The van der Waals surface area contributed by atoms with Crippen molar-refractivity contribution < 1.29 is 23.9 Å². The third-order valence-corrected chi connectivity index (χ3v) is 4.96. The van der Waals surface area contributed by atoms with Gasteiger partial charge in [0.25, 0.3) is 5.91 Å². The molecule has 174 valence electrons. The fourth-order valence-electron chi connectivity index (χ4n) is 3.33. The van der Waals surface area contributed by atoms with Gasteiger partial charge in [0.2, 0.25) is 0 Å². The Balaban J connectivity index is 2.29. The van der Waals surface area contributed by atoms with E-state index in [2.05, 4.69) is 10.3 Å². The molecule has 0 saturated heterocycles. The molecule has 0 fully saturated rings. The number of para-hydroxylation sites is 1. The number of carbonyl (C=O) groups is 3. The molecular weight excluding hydrogens is 410 g/mol. The SMILES string of the molecule is CCc1[nH]c(C(=O)Nc2ccccc2CN(CC)C(=O)OC(C)(C)C)c(C)c1C(=O)OC. The summed E-state index contributed by atoms with van der Waals surface area (Å²) in [6.45, 7) is 11.7. The molecule has 2 amide bonds. The van der Waals surface area contributed by atoms with E-state index in [1.807, 2.05) is 52.8 Å². The number of aromatic amines is 1. The van der Waals surface area contributed by atoms with Crippen molar-refractivity contribution in [1.29, 1.82) is 0 Å². The number of hydrogen-bond acceptors (Lipinski definition) is 5. The van der Waals surface area contributed by atoms with E-state index in [4.69, 9.17) is 9.47 Å². The average Bonchev–Trinajstić information content (AvgIpc) is 3.07. The molecule has 0 saturated carbocycles. The molecule has 8 nitrogen and oxygen atoms in total. The average molecular weight is 444 g/mol. The van der Waals surface area contributed by atoms with E-state index < -0.39 is 17.7 Å². The number of ether oxygens (including phenoxy) is 2. The van der Waals surface area contributed by atoms with Crippen molar-refractivity contribution in [2.45, 2.75) is 60.1 Å². The molecule has 1 heterocycles. The van der Waals surface area contributed by atoms with Gasteiger partial charge in [-0.3, -0.25) is 4.79 Å². The zero-order chi connectivity index (χ0) is 24.1. The van der Waals surface area contributed by atoms with Gasteiger partial charge in [-0.15, -0.1) is 0 Å². The molecule has 0 radical (unpaired) electrons. The number of rotatable bonds is 7. The largest absolute Gasteiger partial charge is 0.465 e. The fraction of sp³-hybridized carbons (Fsp3) is 0.458. The number of methoxy groups -OCH3 is 1. The lowest BCUT2D eigenvalue weighted by Gasteiger charge is -2.27. The lowest BCUT2D eigenvalue weighted by Crippen LogP contribution is -2.36. The second-order valence-corrected chi connectivity index (χ2v) is 8.43. The Bertz CT molecular complexity index is 988. The van der Waals surface area contributed by atoms with Crippen LogP contribution in [-0.2, 0) is 22.4 Å². The number of H-pyrrole nitrogens is 1. The fourth-order valence-corrected chi connectivity index (χ4v) is 3.33. The van der Waals surface area contributed by atoms with Gasteiger partial charge < -0.3 is 24.7 Å². The van der Waals surface area contributed by atoms with Crippen LogP contribution in [0.15, 0.2) is 24.3 Å². The van der Waals surface area contributed by atoms with E-state index in [9.17, 15) is 14.4 Å². The second-order valence-electron chi connectivity index (χ2n) is 8.43. The number of aryl methyl sites for hydroxylation is 1. The van der Waals surface area contributed by atoms with Crippen LogP contribution < -0.4 is 5.32 Å². The van der Waals surface area contributed by atoms with E-state index in [1.54, 1.807) is 17.9 Å². The lowest BCUT2D eigenvalue weighted by molar-refractivity contribution is 0.0244. The number of nitrogens with zero attached hydrogens (tertiary/aromatic N) is 1. The Morgan fingerprint density at radius 1 is 1.12 bits per heavy atom. The van der Waals surface area contributed by atoms with Crippen molar-refractivity contribution in [1.82, 2.24) is 9.88 Å². The summed E-state index contributed by atoms with van der Waals surface area (Å²) in [5, 5.41) is 2.90. The number of carbonyl (C=O) groups excluding carboxylic acids is 3. The molecule has 0 spiro atoms. The zero-order valence-electron chi connectivity index (χ0n) is 19.9. The Morgan fingerprint density at radius 2 is 1.78 bits per heavy atom. The quantitative estimate of drug-likeness (QED) is 0.605. The standard InChI is InChI=1S/C24H33N3O5/c1-8-17-19(22(29)31-7)15(3)20(25-17)21(28)26-18-13-11-10-12-16(18)14-27(9-2)23(30)32-24(4,5)6/h10-13,25H,8-9,14H2,1-7H3,(H,26,28). The van der Waals surface area contributed by atoms with Crippen molar-refractivity contribution in [3.05, 3.63) is 52.3 Å². The van der Waals surface area contributed by atoms with Crippen LogP contribution in [0, 0.1) is 6.92 Å². The number of esters is 1. The number of amides is 2. The molecule has 0 aliphatic rings. The molecule has 2 aromatic rings. The molecule has 1 aromatic heterocycles. The molecule has 2 N–H and O–H groups in total. The highest BCUT2D eigenvalue weighted by atomic mass is 16.6.